The zero-order valence-corrected chi connectivity index (χ0v) is 18.1. The molecule has 1 saturated heterocycles. The highest BCUT2D eigenvalue weighted by molar-refractivity contribution is 7.89. The van der Waals surface area contributed by atoms with E-state index in [1.165, 1.54) is 19.3 Å². The average Bonchev–Trinajstić information content (AvgIpc) is 2.99. The molecule has 4 bridgehead atoms. The lowest BCUT2D eigenvalue weighted by Gasteiger charge is -2.57. The smallest absolute Gasteiger partial charge is 0.246 e. The fourth-order valence-corrected chi connectivity index (χ4v) is 8.68. The Morgan fingerprint density at radius 3 is 2.10 bits per heavy atom. The van der Waals surface area contributed by atoms with Gasteiger partial charge in [0.25, 0.3) is 0 Å². The fourth-order valence-electron chi connectivity index (χ4n) is 7.05. The predicted octanol–water partition coefficient (Wildman–Crippen LogP) is 2.78. The van der Waals surface area contributed by atoms with Crippen LogP contribution in [0.4, 0.5) is 0 Å². The fraction of sp³-hybridized carbons (Fsp3) is 0.810. The molecule has 6 rings (SSSR count). The van der Waals surface area contributed by atoms with Gasteiger partial charge in [0.1, 0.15) is 10.6 Å². The van der Waals surface area contributed by atoms with Gasteiger partial charge in [-0.3, -0.25) is 4.79 Å². The van der Waals surface area contributed by atoms with Gasteiger partial charge in [-0.1, -0.05) is 5.16 Å². The Morgan fingerprint density at radius 2 is 1.62 bits per heavy atom. The summed E-state index contributed by atoms with van der Waals surface area (Å²) in [4.78, 5) is 15.7. The van der Waals surface area contributed by atoms with E-state index in [1.54, 1.807) is 13.8 Å². The number of likely N-dealkylation sites (tertiary alicyclic amines) is 1. The van der Waals surface area contributed by atoms with Gasteiger partial charge in [-0.2, -0.15) is 0 Å². The van der Waals surface area contributed by atoms with Gasteiger partial charge in [0.15, 0.2) is 5.76 Å². The second kappa shape index (κ2) is 6.80. The van der Waals surface area contributed by atoms with Crippen molar-refractivity contribution in [3.8, 4) is 0 Å². The lowest BCUT2D eigenvalue weighted by molar-refractivity contribution is -0.158. The molecule has 8 heteroatoms. The summed E-state index contributed by atoms with van der Waals surface area (Å²) in [5.41, 5.74) is 0.266. The van der Waals surface area contributed by atoms with Gasteiger partial charge in [-0.15, -0.1) is 0 Å². The van der Waals surface area contributed by atoms with Crippen LogP contribution in [0.5, 0.6) is 0 Å². The number of nitrogens with zero attached hydrogens (tertiary/aromatic N) is 2. The van der Waals surface area contributed by atoms with E-state index in [0.29, 0.717) is 43.3 Å². The first-order valence-electron chi connectivity index (χ1n) is 11.0. The van der Waals surface area contributed by atoms with E-state index in [2.05, 4.69) is 9.88 Å². The van der Waals surface area contributed by atoms with Crippen molar-refractivity contribution in [3.05, 3.63) is 11.5 Å². The Kier molecular flexibility index (Phi) is 4.59. The molecule has 0 atom stereocenters. The standard InChI is InChI=1S/C21H31N3O4S/c1-13-19(14(2)28-22-13)29(26,27)23-18-3-5-24(6-4-18)20(25)21-10-15-7-16(11-21)9-17(8-15)12-21/h15-18,23H,3-12H2,1-2H3. The molecular weight excluding hydrogens is 390 g/mol. The van der Waals surface area contributed by atoms with Crippen LogP contribution in [-0.4, -0.2) is 43.5 Å². The highest BCUT2D eigenvalue weighted by Gasteiger charge is 2.55. The maximum atomic E-state index is 13.5. The van der Waals surface area contributed by atoms with E-state index >= 15 is 0 Å². The molecule has 2 heterocycles. The number of hydrogen-bond acceptors (Lipinski definition) is 5. The van der Waals surface area contributed by atoms with Crippen LogP contribution in [0.25, 0.3) is 0 Å². The molecule has 1 aromatic rings. The minimum absolute atomic E-state index is 0.113. The molecule has 4 saturated carbocycles. The lowest BCUT2D eigenvalue weighted by Crippen LogP contribution is -2.56. The van der Waals surface area contributed by atoms with E-state index < -0.39 is 10.0 Å². The van der Waals surface area contributed by atoms with E-state index in [9.17, 15) is 13.2 Å². The average molecular weight is 422 g/mol. The van der Waals surface area contributed by atoms with Gasteiger partial charge in [0.05, 0.1) is 5.41 Å². The molecule has 0 spiro atoms. The van der Waals surface area contributed by atoms with Crippen LogP contribution < -0.4 is 4.72 Å². The molecule has 1 N–H and O–H groups in total. The van der Waals surface area contributed by atoms with Crippen LogP contribution in [0.15, 0.2) is 9.42 Å². The van der Waals surface area contributed by atoms with E-state index in [-0.39, 0.29) is 16.4 Å². The minimum atomic E-state index is -3.66. The molecule has 160 valence electrons. The van der Waals surface area contributed by atoms with Crippen LogP contribution in [0.1, 0.15) is 62.8 Å². The summed E-state index contributed by atoms with van der Waals surface area (Å²) >= 11 is 0. The number of sulfonamides is 1. The first kappa shape index (κ1) is 19.5. The zero-order valence-electron chi connectivity index (χ0n) is 17.3. The molecule has 4 aliphatic carbocycles. The van der Waals surface area contributed by atoms with Crippen molar-refractivity contribution in [1.82, 2.24) is 14.8 Å². The molecule has 1 amide bonds. The number of carbonyl (C=O) groups is 1. The van der Waals surface area contributed by atoms with Crippen molar-refractivity contribution >= 4 is 15.9 Å². The number of hydrogen-bond donors (Lipinski definition) is 1. The quantitative estimate of drug-likeness (QED) is 0.807. The molecule has 5 fully saturated rings. The molecule has 1 aromatic heterocycles. The Morgan fingerprint density at radius 1 is 1.07 bits per heavy atom. The highest BCUT2D eigenvalue weighted by atomic mass is 32.2. The van der Waals surface area contributed by atoms with E-state index in [4.69, 9.17) is 4.52 Å². The third-order valence-corrected chi connectivity index (χ3v) is 9.60. The first-order chi connectivity index (χ1) is 13.8. The van der Waals surface area contributed by atoms with Crippen molar-refractivity contribution in [2.24, 2.45) is 23.2 Å². The van der Waals surface area contributed by atoms with E-state index in [1.807, 2.05) is 4.90 Å². The molecule has 7 nitrogen and oxygen atoms in total. The van der Waals surface area contributed by atoms with Crippen LogP contribution in [0.3, 0.4) is 0 Å². The maximum absolute atomic E-state index is 13.5. The number of nitrogens with one attached hydrogen (secondary N) is 1. The summed E-state index contributed by atoms with van der Waals surface area (Å²) in [7, 11) is -3.66. The van der Waals surface area contributed by atoms with Crippen LogP contribution in [-0.2, 0) is 14.8 Å². The summed E-state index contributed by atoms with van der Waals surface area (Å²) in [5.74, 6) is 2.92. The van der Waals surface area contributed by atoms with Crippen molar-refractivity contribution in [3.63, 3.8) is 0 Å². The molecule has 0 aromatic carbocycles. The SMILES string of the molecule is Cc1noc(C)c1S(=O)(=O)NC1CCN(C(=O)C23CC4CC(CC(C4)C2)C3)CC1. The third kappa shape index (κ3) is 3.32. The van der Waals surface area contributed by atoms with Crippen LogP contribution >= 0.6 is 0 Å². The van der Waals surface area contributed by atoms with Crippen molar-refractivity contribution < 1.29 is 17.7 Å². The minimum Gasteiger partial charge on any atom is -0.360 e. The van der Waals surface area contributed by atoms with Crippen molar-refractivity contribution in [2.75, 3.05) is 13.1 Å². The maximum Gasteiger partial charge on any atom is 0.246 e. The number of aromatic nitrogens is 1. The number of carbonyl (C=O) groups excluding carboxylic acids is 1. The van der Waals surface area contributed by atoms with Crippen molar-refractivity contribution in [2.45, 2.75) is 76.2 Å². The second-order valence-corrected chi connectivity index (χ2v) is 11.7. The lowest BCUT2D eigenvalue weighted by atomic mass is 9.49. The summed E-state index contributed by atoms with van der Waals surface area (Å²) in [5, 5.41) is 3.75. The predicted molar refractivity (Wildman–Crippen MR) is 107 cm³/mol. The zero-order chi connectivity index (χ0) is 20.4. The van der Waals surface area contributed by atoms with Gasteiger partial charge in [-0.25, -0.2) is 13.1 Å². The van der Waals surface area contributed by atoms with E-state index in [0.717, 1.165) is 37.0 Å². The van der Waals surface area contributed by atoms with Gasteiger partial charge >= 0.3 is 0 Å². The topological polar surface area (TPSA) is 92.5 Å². The van der Waals surface area contributed by atoms with Crippen LogP contribution in [0.2, 0.25) is 0 Å². The first-order valence-corrected chi connectivity index (χ1v) is 12.5. The molecule has 1 aliphatic heterocycles. The molecule has 5 aliphatic rings. The molecular formula is C21H31N3O4S. The van der Waals surface area contributed by atoms with Gasteiger partial charge in [-0.05, 0) is 83.0 Å². The van der Waals surface area contributed by atoms with Crippen molar-refractivity contribution in [1.29, 1.82) is 0 Å². The molecule has 0 radical (unpaired) electrons. The Hall–Kier alpha value is -1.41. The number of amides is 1. The summed E-state index contributed by atoms with van der Waals surface area (Å²) in [6.07, 6.45) is 8.54. The normalized spacial score (nSPS) is 34.7. The monoisotopic (exact) mass is 421 g/mol. The van der Waals surface area contributed by atoms with Gasteiger partial charge in [0, 0.05) is 19.1 Å². The Balaban J connectivity index is 1.23. The second-order valence-electron chi connectivity index (χ2n) is 10.0. The molecule has 29 heavy (non-hydrogen) atoms. The third-order valence-electron chi connectivity index (χ3n) is 7.83. The summed E-state index contributed by atoms with van der Waals surface area (Å²) < 4.78 is 33.3. The summed E-state index contributed by atoms with van der Waals surface area (Å²) in [6.45, 7) is 4.52. The highest BCUT2D eigenvalue weighted by Crippen LogP contribution is 2.60. The van der Waals surface area contributed by atoms with Gasteiger partial charge in [0.2, 0.25) is 15.9 Å². The number of rotatable bonds is 4. The largest absolute Gasteiger partial charge is 0.360 e. The summed E-state index contributed by atoms with van der Waals surface area (Å²) in [6, 6.07) is -0.158. The number of piperidine rings is 1. The molecule has 0 unspecified atom stereocenters. The van der Waals surface area contributed by atoms with Gasteiger partial charge < -0.3 is 9.42 Å². The Bertz CT molecular complexity index is 860. The Labute approximate surface area is 172 Å². The van der Waals surface area contributed by atoms with Crippen LogP contribution in [0, 0.1) is 37.0 Å². The number of aryl methyl sites for hydroxylation is 2.